The first kappa shape index (κ1) is 14.3. The third-order valence-electron chi connectivity index (χ3n) is 2.69. The zero-order chi connectivity index (χ0) is 14.7. The van der Waals surface area contributed by atoms with Crippen molar-refractivity contribution >= 4 is 29.4 Å². The Hall–Kier alpha value is -2.07. The van der Waals surface area contributed by atoms with Gasteiger partial charge in [0.25, 0.3) is 0 Å². The molecule has 2 rings (SSSR count). The fourth-order valence-corrected chi connectivity index (χ4v) is 2.03. The van der Waals surface area contributed by atoms with E-state index in [1.54, 1.807) is 44.2 Å². The summed E-state index contributed by atoms with van der Waals surface area (Å²) in [6.07, 6.45) is 1.55. The fraction of sp³-hybridized carbons (Fsp3) is 0.200. The molecule has 0 spiro atoms. The smallest absolute Gasteiger partial charge is 0.345 e. The molecule has 20 heavy (non-hydrogen) atoms. The predicted octanol–water partition coefficient (Wildman–Crippen LogP) is 3.12. The molecule has 0 bridgehead atoms. The van der Waals surface area contributed by atoms with Crippen LogP contribution in [-0.2, 0) is 19.1 Å². The van der Waals surface area contributed by atoms with E-state index >= 15 is 0 Å². The van der Waals surface area contributed by atoms with Gasteiger partial charge < -0.3 is 9.47 Å². The number of rotatable bonds is 3. The van der Waals surface area contributed by atoms with Crippen LogP contribution in [0.3, 0.4) is 0 Å². The van der Waals surface area contributed by atoms with E-state index in [1.807, 2.05) is 0 Å². The molecule has 0 saturated carbocycles. The minimum Gasteiger partial charge on any atom is -0.462 e. The molecule has 0 amide bonds. The molecular formula is C15H13ClO4. The van der Waals surface area contributed by atoms with E-state index in [0.29, 0.717) is 5.02 Å². The summed E-state index contributed by atoms with van der Waals surface area (Å²) in [4.78, 5) is 23.8. The van der Waals surface area contributed by atoms with E-state index < -0.39 is 11.8 Å². The normalized spacial score (nSPS) is 16.6. The Morgan fingerprint density at radius 3 is 2.85 bits per heavy atom. The Kier molecular flexibility index (Phi) is 4.25. The van der Waals surface area contributed by atoms with Crippen molar-refractivity contribution in [2.45, 2.75) is 13.8 Å². The fourth-order valence-electron chi connectivity index (χ4n) is 1.83. The average molecular weight is 293 g/mol. The molecule has 1 heterocycles. The third-order valence-corrected chi connectivity index (χ3v) is 2.93. The van der Waals surface area contributed by atoms with Crippen LogP contribution in [0.4, 0.5) is 0 Å². The lowest BCUT2D eigenvalue weighted by Crippen LogP contribution is -2.14. The Bertz CT molecular complexity index is 629. The first-order valence-electron chi connectivity index (χ1n) is 6.10. The van der Waals surface area contributed by atoms with Gasteiger partial charge in [0.2, 0.25) is 5.78 Å². The first-order chi connectivity index (χ1) is 9.52. The molecule has 0 aromatic heterocycles. The van der Waals surface area contributed by atoms with Crippen molar-refractivity contribution in [1.29, 1.82) is 0 Å². The van der Waals surface area contributed by atoms with Gasteiger partial charge in [-0.1, -0.05) is 23.7 Å². The van der Waals surface area contributed by atoms with Gasteiger partial charge in [0.15, 0.2) is 5.76 Å². The van der Waals surface area contributed by atoms with E-state index in [0.717, 1.165) is 5.56 Å². The van der Waals surface area contributed by atoms with Gasteiger partial charge in [-0.05, 0) is 37.6 Å². The third kappa shape index (κ3) is 2.91. The van der Waals surface area contributed by atoms with Crippen LogP contribution >= 0.6 is 11.6 Å². The van der Waals surface area contributed by atoms with Gasteiger partial charge in [-0.15, -0.1) is 0 Å². The van der Waals surface area contributed by atoms with Crippen LogP contribution in [0, 0.1) is 0 Å². The van der Waals surface area contributed by atoms with Crippen molar-refractivity contribution in [2.24, 2.45) is 0 Å². The highest BCUT2D eigenvalue weighted by molar-refractivity contribution is 6.30. The van der Waals surface area contributed by atoms with Crippen molar-refractivity contribution < 1.29 is 19.1 Å². The van der Waals surface area contributed by atoms with Crippen molar-refractivity contribution in [3.05, 3.63) is 51.9 Å². The van der Waals surface area contributed by atoms with Crippen molar-refractivity contribution in [2.75, 3.05) is 6.61 Å². The molecule has 0 N–H and O–H groups in total. The number of benzene rings is 1. The second-order valence-corrected chi connectivity index (χ2v) is 4.58. The van der Waals surface area contributed by atoms with Crippen LogP contribution in [0.2, 0.25) is 5.02 Å². The van der Waals surface area contributed by atoms with E-state index in [-0.39, 0.29) is 23.7 Å². The van der Waals surface area contributed by atoms with Gasteiger partial charge in [0, 0.05) is 5.02 Å². The van der Waals surface area contributed by atoms with Gasteiger partial charge in [0.1, 0.15) is 11.3 Å². The molecular weight excluding hydrogens is 280 g/mol. The monoisotopic (exact) mass is 292 g/mol. The van der Waals surface area contributed by atoms with Crippen LogP contribution in [0.5, 0.6) is 0 Å². The number of Topliss-reactive ketones (excluding diaryl/α,β-unsaturated/α-hetero) is 1. The zero-order valence-electron chi connectivity index (χ0n) is 11.1. The summed E-state index contributed by atoms with van der Waals surface area (Å²) in [6, 6.07) is 6.98. The summed E-state index contributed by atoms with van der Waals surface area (Å²) >= 11 is 5.88. The summed E-state index contributed by atoms with van der Waals surface area (Å²) in [7, 11) is 0. The maximum Gasteiger partial charge on any atom is 0.345 e. The molecule has 104 valence electrons. The van der Waals surface area contributed by atoms with E-state index in [2.05, 4.69) is 0 Å². The second kappa shape index (κ2) is 5.92. The summed E-state index contributed by atoms with van der Waals surface area (Å²) in [5, 5.41) is 0.556. The maximum absolute atomic E-state index is 12.1. The number of ether oxygens (including phenoxy) is 2. The van der Waals surface area contributed by atoms with Crippen LogP contribution in [0.15, 0.2) is 41.4 Å². The minimum absolute atomic E-state index is 0.0554. The van der Waals surface area contributed by atoms with Crippen molar-refractivity contribution in [3.63, 3.8) is 0 Å². The number of esters is 1. The lowest BCUT2D eigenvalue weighted by molar-refractivity contribution is -0.139. The first-order valence-corrected chi connectivity index (χ1v) is 6.48. The summed E-state index contributed by atoms with van der Waals surface area (Å²) in [5.41, 5.74) is 0.666. The van der Waals surface area contributed by atoms with Gasteiger partial charge >= 0.3 is 5.97 Å². The molecule has 1 aliphatic rings. The second-order valence-electron chi connectivity index (χ2n) is 4.15. The van der Waals surface area contributed by atoms with Gasteiger partial charge in [-0.2, -0.15) is 0 Å². The van der Waals surface area contributed by atoms with Crippen LogP contribution in [0.25, 0.3) is 6.08 Å². The molecule has 0 unspecified atom stereocenters. The van der Waals surface area contributed by atoms with E-state index in [4.69, 9.17) is 21.1 Å². The number of halogens is 1. The maximum atomic E-state index is 12.1. The quantitative estimate of drug-likeness (QED) is 0.488. The van der Waals surface area contributed by atoms with E-state index in [9.17, 15) is 9.59 Å². The van der Waals surface area contributed by atoms with Crippen LogP contribution < -0.4 is 0 Å². The lowest BCUT2D eigenvalue weighted by Gasteiger charge is -1.99. The molecule has 0 radical (unpaired) electrons. The zero-order valence-corrected chi connectivity index (χ0v) is 11.9. The predicted molar refractivity (Wildman–Crippen MR) is 74.9 cm³/mol. The molecule has 4 nitrogen and oxygen atoms in total. The highest BCUT2D eigenvalue weighted by atomic mass is 35.5. The Balaban J connectivity index is 2.27. The molecule has 5 heteroatoms. The van der Waals surface area contributed by atoms with Crippen molar-refractivity contribution in [3.8, 4) is 0 Å². The van der Waals surface area contributed by atoms with Crippen LogP contribution in [-0.4, -0.2) is 18.4 Å². The molecule has 0 saturated heterocycles. The highest BCUT2D eigenvalue weighted by Gasteiger charge is 2.34. The average Bonchev–Trinajstić information content (AvgIpc) is 2.65. The summed E-state index contributed by atoms with van der Waals surface area (Å²) in [6.45, 7) is 3.44. The molecule has 0 atom stereocenters. The number of carbonyl (C=O) groups is 2. The Labute approximate surface area is 121 Å². The molecule has 1 aliphatic heterocycles. The molecule has 1 aromatic carbocycles. The topological polar surface area (TPSA) is 52.6 Å². The van der Waals surface area contributed by atoms with Crippen LogP contribution in [0.1, 0.15) is 19.4 Å². The Morgan fingerprint density at radius 1 is 1.45 bits per heavy atom. The summed E-state index contributed by atoms with van der Waals surface area (Å²) < 4.78 is 10.2. The Morgan fingerprint density at radius 2 is 2.20 bits per heavy atom. The largest absolute Gasteiger partial charge is 0.462 e. The van der Waals surface area contributed by atoms with Gasteiger partial charge in [0.05, 0.1) is 6.61 Å². The SMILES string of the molecule is CCOC(=O)C1=C(C)O/C(=C/c2cccc(Cl)c2)C1=O. The number of hydrogen-bond acceptors (Lipinski definition) is 4. The standard InChI is InChI=1S/C15H13ClO4/c1-3-19-15(18)13-9(2)20-12(14(13)17)8-10-5-4-6-11(16)7-10/h4-8H,3H2,1-2H3/b12-8+. The molecule has 0 aliphatic carbocycles. The molecule has 0 fully saturated rings. The number of allylic oxidation sites excluding steroid dienone is 2. The number of hydrogen-bond donors (Lipinski definition) is 0. The number of carbonyl (C=O) groups excluding carboxylic acids is 2. The van der Waals surface area contributed by atoms with Gasteiger partial charge in [-0.25, -0.2) is 4.79 Å². The minimum atomic E-state index is -0.663. The van der Waals surface area contributed by atoms with E-state index in [1.165, 1.54) is 0 Å². The molecule has 1 aromatic rings. The summed E-state index contributed by atoms with van der Waals surface area (Å²) in [5.74, 6) is -0.792. The van der Waals surface area contributed by atoms with Gasteiger partial charge in [-0.3, -0.25) is 4.79 Å². The lowest BCUT2D eigenvalue weighted by atomic mass is 10.1. The highest BCUT2D eigenvalue weighted by Crippen LogP contribution is 2.27. The number of ketones is 1. The van der Waals surface area contributed by atoms with Crippen molar-refractivity contribution in [1.82, 2.24) is 0 Å².